The molecule has 0 saturated heterocycles. The van der Waals surface area contributed by atoms with Gasteiger partial charge in [-0.3, -0.25) is 9.59 Å². The molecule has 0 radical (unpaired) electrons. The second-order valence-corrected chi connectivity index (χ2v) is 7.86. The Kier molecular flexibility index (Phi) is 4.97. The molecule has 8 heteroatoms. The molecule has 0 aliphatic carbocycles. The molecular formula is C20H20N3O4S+. The lowest BCUT2D eigenvalue weighted by Crippen LogP contribution is -3.08. The van der Waals surface area contributed by atoms with Crippen LogP contribution in [-0.4, -0.2) is 37.1 Å². The van der Waals surface area contributed by atoms with Gasteiger partial charge in [-0.1, -0.05) is 12.1 Å². The Hall–Kier alpha value is -2.97. The molecule has 1 amide bonds. The number of rotatable bonds is 6. The number of benzene rings is 2. The molecular weight excluding hydrogens is 378 g/mol. The number of fused-ring (bicyclic) bond motifs is 2. The van der Waals surface area contributed by atoms with Crippen LogP contribution in [0.1, 0.15) is 22.3 Å². The number of ether oxygens (including phenoxy) is 2. The van der Waals surface area contributed by atoms with Gasteiger partial charge in [0, 0.05) is 11.6 Å². The summed E-state index contributed by atoms with van der Waals surface area (Å²) in [4.78, 5) is 30.1. The van der Waals surface area contributed by atoms with Crippen molar-refractivity contribution in [2.75, 3.05) is 25.7 Å². The Morgan fingerprint density at radius 2 is 1.96 bits per heavy atom. The lowest BCUT2D eigenvalue weighted by Gasteiger charge is -2.14. The van der Waals surface area contributed by atoms with E-state index < -0.39 is 0 Å². The van der Waals surface area contributed by atoms with E-state index in [1.165, 1.54) is 6.92 Å². The molecule has 28 heavy (non-hydrogen) atoms. The zero-order valence-electron chi connectivity index (χ0n) is 15.6. The van der Waals surface area contributed by atoms with Gasteiger partial charge in [0.2, 0.25) is 6.79 Å². The Labute approximate surface area is 165 Å². The van der Waals surface area contributed by atoms with Crippen molar-refractivity contribution in [1.29, 1.82) is 0 Å². The number of nitrogens with one attached hydrogen (secondary N) is 2. The first-order valence-electron chi connectivity index (χ1n) is 8.90. The number of carbonyl (C=O) groups excluding carboxylic acids is 2. The topological polar surface area (TPSA) is 82.0 Å². The average Bonchev–Trinajstić information content (AvgIpc) is 3.25. The van der Waals surface area contributed by atoms with Crippen molar-refractivity contribution in [3.05, 3.63) is 47.0 Å². The fourth-order valence-corrected chi connectivity index (χ4v) is 4.20. The molecule has 0 spiro atoms. The van der Waals surface area contributed by atoms with Crippen LogP contribution >= 0.6 is 11.3 Å². The normalized spacial score (nSPS) is 13.5. The molecule has 3 aromatic rings. The fraction of sp³-hybridized carbons (Fsp3) is 0.250. The first-order chi connectivity index (χ1) is 13.5. The summed E-state index contributed by atoms with van der Waals surface area (Å²) in [6.07, 6.45) is 0. The van der Waals surface area contributed by atoms with Crippen LogP contribution in [0.25, 0.3) is 10.2 Å². The quantitative estimate of drug-likeness (QED) is 0.620. The Bertz CT molecular complexity index is 1030. The van der Waals surface area contributed by atoms with Crippen molar-refractivity contribution in [2.24, 2.45) is 0 Å². The molecule has 0 fully saturated rings. The molecule has 0 saturated carbocycles. The number of hydrogen-bond acceptors (Lipinski definition) is 6. The Balaban J connectivity index is 1.43. The van der Waals surface area contributed by atoms with Gasteiger partial charge in [-0.25, -0.2) is 4.98 Å². The van der Waals surface area contributed by atoms with Crippen molar-refractivity contribution >= 4 is 38.9 Å². The molecule has 7 nitrogen and oxygen atoms in total. The number of nitrogens with zero attached hydrogens (tertiary/aromatic N) is 1. The fourth-order valence-electron chi connectivity index (χ4n) is 3.12. The zero-order valence-corrected chi connectivity index (χ0v) is 16.4. The minimum Gasteiger partial charge on any atom is -0.454 e. The van der Waals surface area contributed by atoms with Crippen LogP contribution in [0.15, 0.2) is 36.4 Å². The molecule has 2 heterocycles. The van der Waals surface area contributed by atoms with E-state index in [0.29, 0.717) is 29.3 Å². The number of hydrogen-bond donors (Lipinski definition) is 2. The van der Waals surface area contributed by atoms with Gasteiger partial charge in [0.1, 0.15) is 11.6 Å². The molecule has 1 aliphatic rings. The van der Waals surface area contributed by atoms with Crippen molar-refractivity contribution in [1.82, 2.24) is 4.98 Å². The molecule has 2 aromatic carbocycles. The van der Waals surface area contributed by atoms with Crippen LogP contribution in [0, 0.1) is 0 Å². The van der Waals surface area contributed by atoms with E-state index in [-0.39, 0.29) is 25.0 Å². The van der Waals surface area contributed by atoms with Crippen LogP contribution in [0.5, 0.6) is 11.5 Å². The van der Waals surface area contributed by atoms with Crippen molar-refractivity contribution in [3.63, 3.8) is 0 Å². The van der Waals surface area contributed by atoms with Gasteiger partial charge < -0.3 is 19.7 Å². The van der Waals surface area contributed by atoms with Crippen LogP contribution < -0.4 is 19.7 Å². The molecule has 1 unspecified atom stereocenters. The highest BCUT2D eigenvalue weighted by molar-refractivity contribution is 7.18. The van der Waals surface area contributed by atoms with Gasteiger partial charge in [0.25, 0.3) is 5.91 Å². The van der Waals surface area contributed by atoms with Crippen LogP contribution in [0.3, 0.4) is 0 Å². The van der Waals surface area contributed by atoms with Crippen LogP contribution in [-0.2, 0) is 11.3 Å². The summed E-state index contributed by atoms with van der Waals surface area (Å²) in [6.45, 7) is 2.46. The van der Waals surface area contributed by atoms with Gasteiger partial charge in [-0.2, -0.15) is 0 Å². The minimum atomic E-state index is -0.181. The van der Waals surface area contributed by atoms with Gasteiger partial charge in [0.05, 0.1) is 23.0 Å². The monoisotopic (exact) mass is 398 g/mol. The second-order valence-electron chi connectivity index (χ2n) is 6.74. The predicted molar refractivity (Wildman–Crippen MR) is 106 cm³/mol. The standard InChI is InChI=1S/C20H19N3O4S/c1-12(24)13-7-16-17(27-11-26-16)8-15(13)21-19(25)9-23(2)10-20-22-14-5-3-4-6-18(14)28-20/h3-8H,9-11H2,1-2H3,(H,21,25)/p+1. The number of carbonyl (C=O) groups is 2. The van der Waals surface area contributed by atoms with Gasteiger partial charge in [-0.05, 0) is 25.1 Å². The number of anilines is 1. The summed E-state index contributed by atoms with van der Waals surface area (Å²) in [5.41, 5.74) is 1.82. The number of aromatic nitrogens is 1. The third-order valence-electron chi connectivity index (χ3n) is 4.42. The maximum absolute atomic E-state index is 12.5. The summed E-state index contributed by atoms with van der Waals surface area (Å²) in [7, 11) is 1.94. The van der Waals surface area contributed by atoms with E-state index in [1.807, 2.05) is 31.3 Å². The maximum atomic E-state index is 12.5. The second kappa shape index (κ2) is 7.57. The van der Waals surface area contributed by atoms with E-state index in [1.54, 1.807) is 23.5 Å². The van der Waals surface area contributed by atoms with E-state index >= 15 is 0 Å². The van der Waals surface area contributed by atoms with Crippen LogP contribution in [0.4, 0.5) is 5.69 Å². The van der Waals surface area contributed by atoms with E-state index in [0.717, 1.165) is 20.1 Å². The van der Waals surface area contributed by atoms with E-state index in [4.69, 9.17) is 9.47 Å². The minimum absolute atomic E-state index is 0.110. The molecule has 0 bridgehead atoms. The predicted octanol–water partition coefficient (Wildman–Crippen LogP) is 1.88. The summed E-state index contributed by atoms with van der Waals surface area (Å²) in [5.74, 6) is 0.709. The SMILES string of the molecule is CC(=O)c1cc2c(cc1NC(=O)C[NH+](C)Cc1nc3ccccc3s1)OCO2. The average molecular weight is 398 g/mol. The van der Waals surface area contributed by atoms with Crippen LogP contribution in [0.2, 0.25) is 0 Å². The molecule has 144 valence electrons. The maximum Gasteiger partial charge on any atom is 0.279 e. The van der Waals surface area contributed by atoms with Crippen molar-refractivity contribution in [2.45, 2.75) is 13.5 Å². The Morgan fingerprint density at radius 1 is 1.21 bits per heavy atom. The summed E-state index contributed by atoms with van der Waals surface area (Å²) in [6, 6.07) is 11.2. The van der Waals surface area contributed by atoms with Gasteiger partial charge in [0.15, 0.2) is 23.8 Å². The van der Waals surface area contributed by atoms with Gasteiger partial charge in [-0.15, -0.1) is 11.3 Å². The molecule has 1 aromatic heterocycles. The smallest absolute Gasteiger partial charge is 0.279 e. The Morgan fingerprint density at radius 3 is 2.71 bits per heavy atom. The van der Waals surface area contributed by atoms with E-state index in [2.05, 4.69) is 10.3 Å². The third kappa shape index (κ3) is 3.83. The number of thiazole rings is 1. The molecule has 1 aliphatic heterocycles. The molecule has 2 N–H and O–H groups in total. The molecule has 4 rings (SSSR count). The van der Waals surface area contributed by atoms with E-state index in [9.17, 15) is 9.59 Å². The lowest BCUT2D eigenvalue weighted by molar-refractivity contribution is -0.885. The van der Waals surface area contributed by atoms with Gasteiger partial charge >= 0.3 is 0 Å². The van der Waals surface area contributed by atoms with Crippen molar-refractivity contribution in [3.8, 4) is 11.5 Å². The third-order valence-corrected chi connectivity index (χ3v) is 5.46. The highest BCUT2D eigenvalue weighted by atomic mass is 32.1. The zero-order chi connectivity index (χ0) is 19.7. The summed E-state index contributed by atoms with van der Waals surface area (Å²) >= 11 is 1.64. The number of likely N-dealkylation sites (N-methyl/N-ethyl adjacent to an activating group) is 1. The number of para-hydroxylation sites is 1. The summed E-state index contributed by atoms with van der Waals surface area (Å²) in [5, 5.41) is 3.82. The summed E-state index contributed by atoms with van der Waals surface area (Å²) < 4.78 is 11.8. The number of amides is 1. The van der Waals surface area contributed by atoms with Crippen molar-refractivity contribution < 1.29 is 24.0 Å². The first kappa shape index (κ1) is 18.4. The number of ketones is 1. The molecule has 1 atom stereocenters. The lowest BCUT2D eigenvalue weighted by atomic mass is 10.1. The largest absolute Gasteiger partial charge is 0.454 e. The highest BCUT2D eigenvalue weighted by Gasteiger charge is 2.21. The number of Topliss-reactive ketones (excluding diaryl/α,β-unsaturated/α-hetero) is 1. The highest BCUT2D eigenvalue weighted by Crippen LogP contribution is 2.37. The first-order valence-corrected chi connectivity index (χ1v) is 9.71. The number of quaternary nitrogens is 1.